The van der Waals surface area contributed by atoms with Crippen molar-refractivity contribution in [3.63, 3.8) is 0 Å². The molecule has 1 unspecified atom stereocenters. The minimum Gasteiger partial charge on any atom is -0.469 e. The van der Waals surface area contributed by atoms with Gasteiger partial charge in [0, 0.05) is 18.2 Å². The van der Waals surface area contributed by atoms with Crippen LogP contribution in [0, 0.1) is 5.92 Å². The van der Waals surface area contributed by atoms with Crippen molar-refractivity contribution in [3.8, 4) is 11.5 Å². The molecule has 0 aliphatic carbocycles. The van der Waals surface area contributed by atoms with Gasteiger partial charge < -0.3 is 19.5 Å². The number of hydrazine groups is 1. The Hall–Kier alpha value is -2.97. The zero-order valence-corrected chi connectivity index (χ0v) is 12.3. The first-order chi connectivity index (χ1) is 11.1. The minimum absolute atomic E-state index is 0.0134. The third-order valence-electron chi connectivity index (χ3n) is 3.50. The van der Waals surface area contributed by atoms with Crippen molar-refractivity contribution < 1.29 is 28.6 Å². The summed E-state index contributed by atoms with van der Waals surface area (Å²) in [4.78, 5) is 35.5. The average Bonchev–Trinajstić information content (AvgIpc) is 3.01. The number of rotatable bonds is 2. The van der Waals surface area contributed by atoms with Gasteiger partial charge in [-0.1, -0.05) is 0 Å². The Kier molecular flexibility index (Phi) is 3.92. The second kappa shape index (κ2) is 6.03. The number of anilines is 1. The monoisotopic (exact) mass is 321 g/mol. The van der Waals surface area contributed by atoms with E-state index < -0.39 is 23.8 Å². The summed E-state index contributed by atoms with van der Waals surface area (Å²) in [6.07, 6.45) is -0.0134. The summed E-state index contributed by atoms with van der Waals surface area (Å²) >= 11 is 0. The van der Waals surface area contributed by atoms with Gasteiger partial charge in [-0.05, 0) is 12.1 Å². The van der Waals surface area contributed by atoms with E-state index in [4.69, 9.17) is 9.47 Å². The zero-order valence-electron chi connectivity index (χ0n) is 12.3. The van der Waals surface area contributed by atoms with Gasteiger partial charge in [-0.2, -0.15) is 0 Å². The number of fused-ring (bicyclic) bond motifs is 1. The lowest BCUT2D eigenvalue weighted by molar-refractivity contribution is -0.151. The van der Waals surface area contributed by atoms with Crippen LogP contribution in [0.1, 0.15) is 6.42 Å². The predicted octanol–water partition coefficient (Wildman–Crippen LogP) is 0.473. The van der Waals surface area contributed by atoms with E-state index in [9.17, 15) is 14.4 Å². The lowest BCUT2D eigenvalue weighted by atomic mass is 10.0. The lowest BCUT2D eigenvalue weighted by Crippen LogP contribution is -2.56. The first-order valence-electron chi connectivity index (χ1n) is 6.92. The van der Waals surface area contributed by atoms with Crippen molar-refractivity contribution in [2.75, 3.05) is 25.8 Å². The molecule has 0 aromatic heterocycles. The fourth-order valence-electron chi connectivity index (χ4n) is 2.37. The molecular formula is C14H15N3O6. The fourth-order valence-corrected chi connectivity index (χ4v) is 2.37. The van der Waals surface area contributed by atoms with Crippen LogP contribution in [-0.4, -0.2) is 43.4 Å². The van der Waals surface area contributed by atoms with Crippen LogP contribution in [-0.2, 0) is 14.3 Å². The number of benzene rings is 1. The van der Waals surface area contributed by atoms with Gasteiger partial charge in [0.05, 0.1) is 19.6 Å². The van der Waals surface area contributed by atoms with Crippen molar-refractivity contribution in [1.29, 1.82) is 0 Å². The number of ether oxygens (including phenoxy) is 3. The summed E-state index contributed by atoms with van der Waals surface area (Å²) in [7, 11) is 1.24. The Morgan fingerprint density at radius 2 is 2.13 bits per heavy atom. The number of carbonyl (C=O) groups excluding carboxylic acids is 3. The van der Waals surface area contributed by atoms with Gasteiger partial charge in [0.2, 0.25) is 12.7 Å². The van der Waals surface area contributed by atoms with Gasteiger partial charge in [0.25, 0.3) is 0 Å². The highest BCUT2D eigenvalue weighted by Gasteiger charge is 2.33. The van der Waals surface area contributed by atoms with Gasteiger partial charge in [0.1, 0.15) is 0 Å². The second-order valence-corrected chi connectivity index (χ2v) is 5.07. The Morgan fingerprint density at radius 1 is 1.35 bits per heavy atom. The molecule has 3 amide bonds. The highest BCUT2D eigenvalue weighted by atomic mass is 16.7. The number of methoxy groups -OCH3 is 1. The van der Waals surface area contributed by atoms with Crippen molar-refractivity contribution in [2.24, 2.45) is 5.92 Å². The molecule has 3 rings (SSSR count). The smallest absolute Gasteiger partial charge is 0.340 e. The maximum Gasteiger partial charge on any atom is 0.340 e. The van der Waals surface area contributed by atoms with E-state index in [1.54, 1.807) is 18.2 Å². The van der Waals surface area contributed by atoms with E-state index in [1.165, 1.54) is 7.11 Å². The van der Waals surface area contributed by atoms with Gasteiger partial charge in [-0.3, -0.25) is 15.0 Å². The molecule has 1 atom stereocenters. The number of urea groups is 1. The van der Waals surface area contributed by atoms with E-state index >= 15 is 0 Å². The van der Waals surface area contributed by atoms with Gasteiger partial charge in [0.15, 0.2) is 11.5 Å². The number of amides is 3. The minimum atomic E-state index is -0.684. The molecule has 2 aliphatic heterocycles. The second-order valence-electron chi connectivity index (χ2n) is 5.07. The quantitative estimate of drug-likeness (QED) is 0.767. The molecule has 1 aromatic rings. The molecule has 1 aromatic carbocycles. The standard InChI is InChI=1S/C14H15N3O6/c1-21-13(19)8-4-12(18)16-17(6-8)14(20)15-9-2-3-10-11(5-9)23-7-22-10/h2-3,5,8H,4,6-7H2,1H3,(H,15,20)(H,16,18). The fraction of sp³-hybridized carbons (Fsp3) is 0.357. The largest absolute Gasteiger partial charge is 0.469 e. The van der Waals surface area contributed by atoms with Crippen molar-refractivity contribution >= 4 is 23.6 Å². The van der Waals surface area contributed by atoms with E-state index in [0.717, 1.165) is 5.01 Å². The highest BCUT2D eigenvalue weighted by molar-refractivity contribution is 5.93. The topological polar surface area (TPSA) is 106 Å². The molecule has 1 fully saturated rings. The van der Waals surface area contributed by atoms with Gasteiger partial charge >= 0.3 is 12.0 Å². The molecule has 9 nitrogen and oxygen atoms in total. The Balaban J connectivity index is 1.67. The Bertz CT molecular complexity index is 662. The summed E-state index contributed by atoms with van der Waals surface area (Å²) < 4.78 is 15.0. The van der Waals surface area contributed by atoms with E-state index in [1.807, 2.05) is 0 Å². The van der Waals surface area contributed by atoms with Crippen molar-refractivity contribution in [1.82, 2.24) is 10.4 Å². The van der Waals surface area contributed by atoms with E-state index in [0.29, 0.717) is 17.2 Å². The molecule has 23 heavy (non-hydrogen) atoms. The molecule has 0 spiro atoms. The first-order valence-corrected chi connectivity index (χ1v) is 6.92. The highest BCUT2D eigenvalue weighted by Crippen LogP contribution is 2.34. The average molecular weight is 321 g/mol. The molecule has 2 N–H and O–H groups in total. The van der Waals surface area contributed by atoms with Crippen LogP contribution in [0.5, 0.6) is 11.5 Å². The van der Waals surface area contributed by atoms with Crippen LogP contribution < -0.4 is 20.2 Å². The van der Waals surface area contributed by atoms with Crippen LogP contribution in [0.25, 0.3) is 0 Å². The number of esters is 1. The number of hydrogen-bond acceptors (Lipinski definition) is 6. The number of nitrogens with one attached hydrogen (secondary N) is 2. The molecule has 9 heteroatoms. The molecule has 1 saturated heterocycles. The van der Waals surface area contributed by atoms with E-state index in [2.05, 4.69) is 15.5 Å². The molecule has 2 heterocycles. The number of nitrogens with zero attached hydrogens (tertiary/aromatic N) is 1. The van der Waals surface area contributed by atoms with Crippen molar-refractivity contribution in [3.05, 3.63) is 18.2 Å². The lowest BCUT2D eigenvalue weighted by Gasteiger charge is -2.31. The third-order valence-corrected chi connectivity index (χ3v) is 3.50. The first kappa shape index (κ1) is 14.9. The molecular weight excluding hydrogens is 306 g/mol. The van der Waals surface area contributed by atoms with Crippen LogP contribution in [0.2, 0.25) is 0 Å². The Labute approximate surface area is 131 Å². The summed E-state index contributed by atoms with van der Waals surface area (Å²) in [6.45, 7) is 0.171. The summed E-state index contributed by atoms with van der Waals surface area (Å²) in [5, 5.41) is 3.68. The summed E-state index contributed by atoms with van der Waals surface area (Å²) in [5.74, 6) is -0.512. The maximum atomic E-state index is 12.2. The van der Waals surface area contributed by atoms with E-state index in [-0.39, 0.29) is 19.8 Å². The van der Waals surface area contributed by atoms with Crippen molar-refractivity contribution in [2.45, 2.75) is 6.42 Å². The number of hydrogen-bond donors (Lipinski definition) is 2. The van der Waals surface area contributed by atoms with Gasteiger partial charge in [-0.25, -0.2) is 9.80 Å². The molecule has 122 valence electrons. The molecule has 2 aliphatic rings. The Morgan fingerprint density at radius 3 is 2.91 bits per heavy atom. The summed E-state index contributed by atoms with van der Waals surface area (Å²) in [5.41, 5.74) is 2.90. The zero-order chi connectivity index (χ0) is 16.4. The van der Waals surface area contributed by atoms with Crippen LogP contribution in [0.4, 0.5) is 10.5 Å². The summed E-state index contributed by atoms with van der Waals surface area (Å²) in [6, 6.07) is 4.37. The van der Waals surface area contributed by atoms with Crippen LogP contribution in [0.15, 0.2) is 18.2 Å². The normalized spacial score (nSPS) is 19.1. The molecule has 0 radical (unpaired) electrons. The predicted molar refractivity (Wildman–Crippen MR) is 76.6 cm³/mol. The SMILES string of the molecule is COC(=O)C1CC(=O)NN(C(=O)Nc2ccc3c(c2)OCO3)C1. The molecule has 0 saturated carbocycles. The van der Waals surface area contributed by atoms with Crippen LogP contribution in [0.3, 0.4) is 0 Å². The third kappa shape index (κ3) is 3.12. The molecule has 0 bridgehead atoms. The maximum absolute atomic E-state index is 12.2. The number of carbonyl (C=O) groups is 3. The van der Waals surface area contributed by atoms with Crippen LogP contribution >= 0.6 is 0 Å². The van der Waals surface area contributed by atoms with Gasteiger partial charge in [-0.15, -0.1) is 0 Å².